The molecule has 0 saturated heterocycles. The largest absolute Gasteiger partial charge is 0.480 e. The number of nitrogens with one attached hydrogen (secondary N) is 1. The Bertz CT molecular complexity index is 803. The number of rotatable bonds is 9. The number of carbonyl (C=O) groups is 2. The Labute approximate surface area is 150 Å². The maximum Gasteiger partial charge on any atom is 0.326 e. The van der Waals surface area contributed by atoms with Crippen LogP contribution in [0.4, 0.5) is 5.69 Å². The summed E-state index contributed by atoms with van der Waals surface area (Å²) in [6, 6.07) is 3.27. The molecule has 2 N–H and O–H groups in total. The number of carbonyl (C=O) groups excluding carboxylic acids is 1. The van der Waals surface area contributed by atoms with E-state index in [1.807, 2.05) is 0 Å². The molecule has 1 amide bonds. The first-order valence-corrected chi connectivity index (χ1v) is 9.40. The van der Waals surface area contributed by atoms with Crippen molar-refractivity contribution in [2.75, 3.05) is 6.54 Å². The summed E-state index contributed by atoms with van der Waals surface area (Å²) in [5.74, 6) is -1.55. The van der Waals surface area contributed by atoms with E-state index in [1.54, 1.807) is 0 Å². The summed E-state index contributed by atoms with van der Waals surface area (Å²) in [7, 11) is -3.92. The van der Waals surface area contributed by atoms with Crippen molar-refractivity contribution in [2.24, 2.45) is 0 Å². The molecule has 0 radical (unpaired) electrons. The Balaban J connectivity index is 1.95. The Hall–Kier alpha value is -2.53. The van der Waals surface area contributed by atoms with Gasteiger partial charge < -0.3 is 10.0 Å². The Morgan fingerprint density at radius 3 is 2.38 bits per heavy atom. The molecule has 0 aliphatic heterocycles. The average molecular weight is 385 g/mol. The average Bonchev–Trinajstić information content (AvgIpc) is 3.39. The van der Waals surface area contributed by atoms with Crippen LogP contribution in [0.1, 0.15) is 26.2 Å². The molecule has 1 aromatic rings. The SMILES string of the molecule is CC(C(=O)O)N(C(=O)CCNS(=O)(=O)c1ccc([N+](=O)[O-])cc1)C1CC1. The number of benzene rings is 1. The van der Waals surface area contributed by atoms with Gasteiger partial charge in [0, 0.05) is 31.1 Å². The van der Waals surface area contributed by atoms with Gasteiger partial charge in [-0.05, 0) is 31.9 Å². The molecule has 0 spiro atoms. The van der Waals surface area contributed by atoms with Crippen LogP contribution < -0.4 is 4.72 Å². The Morgan fingerprint density at radius 1 is 1.35 bits per heavy atom. The van der Waals surface area contributed by atoms with Crippen molar-refractivity contribution >= 4 is 27.6 Å². The number of aliphatic carboxylic acids is 1. The minimum atomic E-state index is -3.92. The number of hydrogen-bond acceptors (Lipinski definition) is 6. The quantitative estimate of drug-likeness (QED) is 0.470. The third-order valence-electron chi connectivity index (χ3n) is 3.99. The minimum absolute atomic E-state index is 0.111. The highest BCUT2D eigenvalue weighted by molar-refractivity contribution is 7.89. The van der Waals surface area contributed by atoms with E-state index >= 15 is 0 Å². The van der Waals surface area contributed by atoms with Crippen LogP contribution in [-0.2, 0) is 19.6 Å². The van der Waals surface area contributed by atoms with E-state index in [9.17, 15) is 28.1 Å². The maximum atomic E-state index is 12.3. The van der Waals surface area contributed by atoms with E-state index in [4.69, 9.17) is 5.11 Å². The second kappa shape index (κ2) is 7.79. The van der Waals surface area contributed by atoms with Gasteiger partial charge in [-0.15, -0.1) is 0 Å². The molecular weight excluding hydrogens is 366 g/mol. The fourth-order valence-corrected chi connectivity index (χ4v) is 3.49. The van der Waals surface area contributed by atoms with Crippen molar-refractivity contribution in [3.8, 4) is 0 Å². The molecule has 2 rings (SSSR count). The van der Waals surface area contributed by atoms with E-state index in [2.05, 4.69) is 4.72 Å². The summed E-state index contributed by atoms with van der Waals surface area (Å²) in [6.07, 6.45) is 1.29. The molecule has 1 unspecified atom stereocenters. The zero-order valence-corrected chi connectivity index (χ0v) is 14.8. The van der Waals surface area contributed by atoms with Gasteiger partial charge in [-0.25, -0.2) is 17.9 Å². The van der Waals surface area contributed by atoms with Crippen LogP contribution in [0.3, 0.4) is 0 Å². The van der Waals surface area contributed by atoms with Crippen molar-refractivity contribution in [1.29, 1.82) is 0 Å². The van der Waals surface area contributed by atoms with Gasteiger partial charge in [0.25, 0.3) is 5.69 Å². The van der Waals surface area contributed by atoms with Gasteiger partial charge >= 0.3 is 5.97 Å². The summed E-state index contributed by atoms with van der Waals surface area (Å²) in [4.78, 5) is 34.5. The highest BCUT2D eigenvalue weighted by Crippen LogP contribution is 2.29. The molecule has 11 heteroatoms. The lowest BCUT2D eigenvalue weighted by atomic mass is 10.2. The summed E-state index contributed by atoms with van der Waals surface area (Å²) in [6.45, 7) is 1.22. The first kappa shape index (κ1) is 19.8. The van der Waals surface area contributed by atoms with Gasteiger partial charge in [0.15, 0.2) is 0 Å². The van der Waals surface area contributed by atoms with Crippen LogP contribution in [-0.4, -0.2) is 53.9 Å². The Kier molecular flexibility index (Phi) is 5.93. The summed E-state index contributed by atoms with van der Waals surface area (Å²) < 4.78 is 26.6. The molecule has 0 heterocycles. The van der Waals surface area contributed by atoms with Crippen molar-refractivity contribution in [3.63, 3.8) is 0 Å². The fourth-order valence-electron chi connectivity index (χ4n) is 2.46. The zero-order chi connectivity index (χ0) is 19.5. The van der Waals surface area contributed by atoms with E-state index in [1.165, 1.54) is 11.8 Å². The number of carboxylic acids is 1. The molecule has 10 nitrogen and oxygen atoms in total. The number of nitrogens with zero attached hydrogens (tertiary/aromatic N) is 2. The second-order valence-corrected chi connectivity index (χ2v) is 7.71. The molecular formula is C15H19N3O7S. The molecule has 0 bridgehead atoms. The summed E-state index contributed by atoms with van der Waals surface area (Å²) in [5.41, 5.74) is -0.234. The fraction of sp³-hybridized carbons (Fsp3) is 0.467. The Morgan fingerprint density at radius 2 is 1.92 bits per heavy atom. The predicted molar refractivity (Wildman–Crippen MR) is 89.9 cm³/mol. The standard InChI is InChI=1S/C15H19N3O7S/c1-10(15(20)21)17(11-2-3-11)14(19)8-9-16-26(24,25)13-6-4-12(5-7-13)18(22)23/h4-7,10-11,16H,2-3,8-9H2,1H3,(H,20,21). The van der Waals surface area contributed by atoms with Crippen LogP contribution in [0.15, 0.2) is 29.2 Å². The third kappa shape index (κ3) is 4.76. The number of carboxylic acid groups (broad SMARTS) is 1. The van der Waals surface area contributed by atoms with Crippen molar-refractivity contribution < 1.29 is 28.0 Å². The summed E-state index contributed by atoms with van der Waals surface area (Å²) >= 11 is 0. The number of non-ortho nitro benzene ring substituents is 1. The molecule has 1 aliphatic carbocycles. The van der Waals surface area contributed by atoms with E-state index in [0.29, 0.717) is 0 Å². The molecule has 1 saturated carbocycles. The number of hydrogen-bond donors (Lipinski definition) is 2. The topological polar surface area (TPSA) is 147 Å². The van der Waals surface area contributed by atoms with Crippen LogP contribution >= 0.6 is 0 Å². The van der Waals surface area contributed by atoms with Crippen molar-refractivity contribution in [2.45, 2.75) is 43.2 Å². The van der Waals surface area contributed by atoms with E-state index in [-0.39, 0.29) is 29.6 Å². The molecule has 26 heavy (non-hydrogen) atoms. The number of amides is 1. The monoisotopic (exact) mass is 385 g/mol. The third-order valence-corrected chi connectivity index (χ3v) is 5.47. The molecule has 0 aromatic heterocycles. The zero-order valence-electron chi connectivity index (χ0n) is 14.0. The van der Waals surface area contributed by atoms with Gasteiger partial charge in [0.05, 0.1) is 9.82 Å². The lowest BCUT2D eigenvalue weighted by Crippen LogP contribution is -2.45. The second-order valence-electron chi connectivity index (χ2n) is 5.95. The number of nitro groups is 1. The molecule has 1 fully saturated rings. The highest BCUT2D eigenvalue weighted by Gasteiger charge is 2.38. The van der Waals surface area contributed by atoms with Crippen LogP contribution in [0.25, 0.3) is 0 Å². The van der Waals surface area contributed by atoms with E-state index < -0.39 is 32.9 Å². The van der Waals surface area contributed by atoms with Gasteiger partial charge in [0.1, 0.15) is 6.04 Å². The van der Waals surface area contributed by atoms with Crippen LogP contribution in [0.2, 0.25) is 0 Å². The maximum absolute atomic E-state index is 12.3. The highest BCUT2D eigenvalue weighted by atomic mass is 32.2. The smallest absolute Gasteiger partial charge is 0.326 e. The number of nitro benzene ring substituents is 1. The summed E-state index contributed by atoms with van der Waals surface area (Å²) in [5, 5.41) is 19.7. The van der Waals surface area contributed by atoms with E-state index in [0.717, 1.165) is 37.1 Å². The lowest BCUT2D eigenvalue weighted by Gasteiger charge is -2.26. The molecule has 142 valence electrons. The minimum Gasteiger partial charge on any atom is -0.480 e. The van der Waals surface area contributed by atoms with Crippen molar-refractivity contribution in [3.05, 3.63) is 34.4 Å². The molecule has 1 aromatic carbocycles. The van der Waals surface area contributed by atoms with Gasteiger partial charge in [-0.3, -0.25) is 14.9 Å². The lowest BCUT2D eigenvalue weighted by molar-refractivity contribution is -0.384. The van der Waals surface area contributed by atoms with Crippen LogP contribution in [0.5, 0.6) is 0 Å². The van der Waals surface area contributed by atoms with Gasteiger partial charge in [-0.1, -0.05) is 0 Å². The first-order valence-electron chi connectivity index (χ1n) is 7.91. The molecule has 1 aliphatic rings. The van der Waals surface area contributed by atoms with Crippen molar-refractivity contribution in [1.82, 2.24) is 9.62 Å². The first-order chi connectivity index (χ1) is 12.1. The predicted octanol–water partition coefficient (Wildman–Crippen LogP) is 0.727. The van der Waals surface area contributed by atoms with Crippen LogP contribution in [0, 0.1) is 10.1 Å². The molecule has 1 atom stereocenters. The van der Waals surface area contributed by atoms with Gasteiger partial charge in [-0.2, -0.15) is 0 Å². The number of sulfonamides is 1. The normalized spacial score (nSPS) is 15.3. The van der Waals surface area contributed by atoms with Gasteiger partial charge in [0.2, 0.25) is 15.9 Å².